The fourth-order valence-corrected chi connectivity index (χ4v) is 1.57. The molecular formula is C13H19NO4. The van der Waals surface area contributed by atoms with Gasteiger partial charge in [0.05, 0.1) is 18.1 Å². The summed E-state index contributed by atoms with van der Waals surface area (Å²) in [7, 11) is 0. The molecule has 100 valence electrons. The molecule has 0 fully saturated rings. The van der Waals surface area contributed by atoms with Crippen molar-refractivity contribution >= 4 is 5.97 Å². The molecule has 5 nitrogen and oxygen atoms in total. The molecule has 1 rings (SSSR count). The molecule has 0 saturated heterocycles. The van der Waals surface area contributed by atoms with E-state index in [9.17, 15) is 9.90 Å². The molecule has 2 atom stereocenters. The van der Waals surface area contributed by atoms with Crippen molar-refractivity contribution in [1.82, 2.24) is 5.32 Å². The van der Waals surface area contributed by atoms with Crippen molar-refractivity contribution in [3.63, 3.8) is 0 Å². The average Bonchev–Trinajstić information content (AvgIpc) is 2.35. The van der Waals surface area contributed by atoms with E-state index in [0.717, 1.165) is 0 Å². The molecule has 0 aliphatic rings. The van der Waals surface area contributed by atoms with Crippen molar-refractivity contribution in [1.29, 1.82) is 0 Å². The first kappa shape index (κ1) is 14.6. The molecule has 1 aromatic carbocycles. The minimum atomic E-state index is -1.24. The number of aliphatic hydroxyl groups excluding tert-OH is 1. The van der Waals surface area contributed by atoms with E-state index in [2.05, 4.69) is 5.32 Å². The van der Waals surface area contributed by atoms with E-state index >= 15 is 0 Å². The molecular weight excluding hydrogens is 234 g/mol. The molecule has 0 aliphatic heterocycles. The van der Waals surface area contributed by atoms with E-state index in [4.69, 9.17) is 10.2 Å². The Hall–Kier alpha value is -1.43. The van der Waals surface area contributed by atoms with Crippen LogP contribution in [0, 0.1) is 0 Å². The fraction of sp³-hybridized carbons (Fsp3) is 0.462. The number of hydrogen-bond donors (Lipinski definition) is 4. The van der Waals surface area contributed by atoms with E-state index in [0.29, 0.717) is 5.56 Å². The topological polar surface area (TPSA) is 89.8 Å². The van der Waals surface area contributed by atoms with E-state index in [1.807, 2.05) is 6.07 Å². The highest BCUT2D eigenvalue weighted by Gasteiger charge is 2.22. The molecule has 18 heavy (non-hydrogen) atoms. The number of aliphatic hydroxyl groups is 2. The Kier molecular flexibility index (Phi) is 5.27. The Morgan fingerprint density at radius 2 is 2.00 bits per heavy atom. The van der Waals surface area contributed by atoms with Gasteiger partial charge in [0.25, 0.3) is 0 Å². The van der Waals surface area contributed by atoms with E-state index in [1.54, 1.807) is 24.3 Å². The van der Waals surface area contributed by atoms with Crippen LogP contribution in [0.25, 0.3) is 0 Å². The third kappa shape index (κ3) is 4.44. The van der Waals surface area contributed by atoms with Crippen molar-refractivity contribution in [2.45, 2.75) is 18.4 Å². The lowest BCUT2D eigenvalue weighted by Gasteiger charge is -2.22. The van der Waals surface area contributed by atoms with E-state index < -0.39 is 17.5 Å². The quantitative estimate of drug-likeness (QED) is 0.557. The zero-order valence-electron chi connectivity index (χ0n) is 10.3. The number of aliphatic carboxylic acids is 1. The molecule has 1 aromatic rings. The number of carboxylic acid groups (broad SMARTS) is 1. The summed E-state index contributed by atoms with van der Waals surface area (Å²) in [5.74, 6) is -1.59. The van der Waals surface area contributed by atoms with Gasteiger partial charge in [-0.15, -0.1) is 0 Å². The summed E-state index contributed by atoms with van der Waals surface area (Å²) < 4.78 is 0. The average molecular weight is 253 g/mol. The SMILES string of the molecule is CC(O)(CO)CNCC(C(=O)O)c1ccccc1. The van der Waals surface area contributed by atoms with Gasteiger partial charge in [-0.1, -0.05) is 30.3 Å². The minimum absolute atomic E-state index is 0.139. The van der Waals surface area contributed by atoms with Gasteiger partial charge in [0.15, 0.2) is 0 Å². The van der Waals surface area contributed by atoms with Crippen LogP contribution in [0.4, 0.5) is 0 Å². The van der Waals surface area contributed by atoms with Gasteiger partial charge >= 0.3 is 5.97 Å². The van der Waals surface area contributed by atoms with Gasteiger partial charge in [-0.2, -0.15) is 0 Å². The van der Waals surface area contributed by atoms with Crippen molar-refractivity contribution in [3.05, 3.63) is 35.9 Å². The van der Waals surface area contributed by atoms with Crippen LogP contribution in [-0.4, -0.2) is 46.6 Å². The first-order valence-electron chi connectivity index (χ1n) is 5.78. The van der Waals surface area contributed by atoms with Crippen LogP contribution < -0.4 is 5.32 Å². The van der Waals surface area contributed by atoms with Crippen LogP contribution >= 0.6 is 0 Å². The Morgan fingerprint density at radius 1 is 1.39 bits per heavy atom. The second kappa shape index (κ2) is 6.49. The summed E-state index contributed by atoms with van der Waals surface area (Å²) in [4.78, 5) is 11.2. The molecule has 0 spiro atoms. The third-order valence-electron chi connectivity index (χ3n) is 2.69. The highest BCUT2D eigenvalue weighted by Crippen LogP contribution is 2.15. The summed E-state index contributed by atoms with van der Waals surface area (Å²) in [6.45, 7) is 1.46. The molecule has 0 saturated carbocycles. The molecule has 5 heteroatoms. The molecule has 0 amide bonds. The maximum absolute atomic E-state index is 11.2. The van der Waals surface area contributed by atoms with Gasteiger partial charge < -0.3 is 20.6 Å². The molecule has 4 N–H and O–H groups in total. The van der Waals surface area contributed by atoms with Crippen LogP contribution in [0.2, 0.25) is 0 Å². The maximum atomic E-state index is 11.2. The Labute approximate surface area is 106 Å². The smallest absolute Gasteiger partial charge is 0.312 e. The number of carbonyl (C=O) groups is 1. The first-order chi connectivity index (χ1) is 8.46. The number of hydrogen-bond acceptors (Lipinski definition) is 4. The summed E-state index contributed by atoms with van der Waals surface area (Å²) in [5.41, 5.74) is -0.527. The highest BCUT2D eigenvalue weighted by molar-refractivity contribution is 5.76. The normalized spacial score (nSPS) is 15.9. The number of carboxylic acids is 1. The van der Waals surface area contributed by atoms with Crippen LogP contribution in [0.5, 0.6) is 0 Å². The van der Waals surface area contributed by atoms with Gasteiger partial charge in [0, 0.05) is 13.1 Å². The molecule has 0 bridgehead atoms. The first-order valence-corrected chi connectivity index (χ1v) is 5.78. The molecule has 2 unspecified atom stereocenters. The van der Waals surface area contributed by atoms with Gasteiger partial charge in [-0.05, 0) is 12.5 Å². The zero-order valence-corrected chi connectivity index (χ0v) is 10.3. The lowest BCUT2D eigenvalue weighted by Crippen LogP contribution is -2.42. The van der Waals surface area contributed by atoms with Crippen LogP contribution in [-0.2, 0) is 4.79 Å². The molecule has 0 heterocycles. The second-order valence-electron chi connectivity index (χ2n) is 4.59. The molecule has 0 radical (unpaired) electrons. The summed E-state index contributed by atoms with van der Waals surface area (Å²) >= 11 is 0. The van der Waals surface area contributed by atoms with Gasteiger partial charge in [-0.25, -0.2) is 0 Å². The standard InChI is InChI=1S/C13H19NO4/c1-13(18,9-15)8-14-7-11(12(16)17)10-5-3-2-4-6-10/h2-6,11,14-15,18H,7-9H2,1H3,(H,16,17). The number of benzene rings is 1. The summed E-state index contributed by atoms with van der Waals surface area (Å²) in [6.07, 6.45) is 0. The monoisotopic (exact) mass is 253 g/mol. The van der Waals surface area contributed by atoms with Crippen LogP contribution in [0.15, 0.2) is 30.3 Å². The summed E-state index contributed by atoms with van der Waals surface area (Å²) in [6, 6.07) is 8.91. The predicted molar refractivity (Wildman–Crippen MR) is 67.4 cm³/mol. The van der Waals surface area contributed by atoms with Gasteiger partial charge in [0.1, 0.15) is 0 Å². The maximum Gasteiger partial charge on any atom is 0.312 e. The van der Waals surface area contributed by atoms with Crippen LogP contribution in [0.3, 0.4) is 0 Å². The second-order valence-corrected chi connectivity index (χ2v) is 4.59. The fourth-order valence-electron chi connectivity index (χ4n) is 1.57. The van der Waals surface area contributed by atoms with Crippen molar-refractivity contribution < 1.29 is 20.1 Å². The van der Waals surface area contributed by atoms with Gasteiger partial charge in [-0.3, -0.25) is 4.79 Å². The van der Waals surface area contributed by atoms with E-state index in [-0.39, 0.29) is 19.7 Å². The van der Waals surface area contributed by atoms with E-state index in [1.165, 1.54) is 6.92 Å². The summed E-state index contributed by atoms with van der Waals surface area (Å²) in [5, 5.41) is 30.5. The Bertz CT molecular complexity index is 378. The third-order valence-corrected chi connectivity index (χ3v) is 2.69. The lowest BCUT2D eigenvalue weighted by molar-refractivity contribution is -0.138. The predicted octanol–water partition coefficient (Wildman–Crippen LogP) is 0.188. The largest absolute Gasteiger partial charge is 0.481 e. The highest BCUT2D eigenvalue weighted by atomic mass is 16.4. The van der Waals surface area contributed by atoms with Crippen molar-refractivity contribution in [2.75, 3.05) is 19.7 Å². The minimum Gasteiger partial charge on any atom is -0.481 e. The van der Waals surface area contributed by atoms with Crippen molar-refractivity contribution in [2.24, 2.45) is 0 Å². The lowest BCUT2D eigenvalue weighted by atomic mass is 9.99. The van der Waals surface area contributed by atoms with Crippen molar-refractivity contribution in [3.8, 4) is 0 Å². The Morgan fingerprint density at radius 3 is 2.50 bits per heavy atom. The number of nitrogens with one attached hydrogen (secondary N) is 1. The number of rotatable bonds is 7. The Balaban J connectivity index is 2.58. The molecule has 0 aliphatic carbocycles. The zero-order chi connectivity index (χ0) is 13.6. The van der Waals surface area contributed by atoms with Gasteiger partial charge in [0.2, 0.25) is 0 Å². The van der Waals surface area contributed by atoms with Crippen LogP contribution in [0.1, 0.15) is 18.4 Å². The molecule has 0 aromatic heterocycles.